The van der Waals surface area contributed by atoms with Crippen LogP contribution >= 0.6 is 0 Å². The fraction of sp³-hybridized carbons (Fsp3) is 0.571. The fourth-order valence-corrected chi connectivity index (χ4v) is 2.28. The summed E-state index contributed by atoms with van der Waals surface area (Å²) in [5.41, 5.74) is 1.18. The summed E-state index contributed by atoms with van der Waals surface area (Å²) in [4.78, 5) is 0. The molecule has 0 saturated carbocycles. The Hall–Kier alpha value is -1.06. The maximum Gasteiger partial charge on any atom is 0.163 e. The van der Waals surface area contributed by atoms with Gasteiger partial charge in [0.1, 0.15) is 5.75 Å². The second-order valence-corrected chi connectivity index (χ2v) is 4.94. The number of ether oxygens (including phenoxy) is 3. The molecule has 1 aromatic rings. The van der Waals surface area contributed by atoms with Crippen LogP contribution < -0.4 is 4.74 Å². The molecule has 2 rings (SSSR count). The van der Waals surface area contributed by atoms with Crippen LogP contribution in [-0.2, 0) is 9.47 Å². The van der Waals surface area contributed by atoms with Crippen LogP contribution in [0.15, 0.2) is 24.3 Å². The van der Waals surface area contributed by atoms with Crippen LogP contribution in [0.1, 0.15) is 38.9 Å². The van der Waals surface area contributed by atoms with E-state index in [1.165, 1.54) is 5.56 Å². The smallest absolute Gasteiger partial charge is 0.163 e. The number of methoxy groups -OCH3 is 1. The van der Waals surface area contributed by atoms with Gasteiger partial charge in [0.15, 0.2) is 5.79 Å². The number of benzene rings is 1. The summed E-state index contributed by atoms with van der Waals surface area (Å²) in [6.45, 7) is 6.00. The SMILES string of the molecule is COc1ccc([C@@H]2C[C@@H](C)OC(C)(C)O2)cc1. The summed E-state index contributed by atoms with van der Waals surface area (Å²) in [6.07, 6.45) is 1.20. The Morgan fingerprint density at radius 2 is 1.82 bits per heavy atom. The van der Waals surface area contributed by atoms with Gasteiger partial charge in [-0.05, 0) is 38.5 Å². The molecular formula is C14H20O3. The Morgan fingerprint density at radius 1 is 1.18 bits per heavy atom. The van der Waals surface area contributed by atoms with Crippen LogP contribution in [0.5, 0.6) is 5.75 Å². The predicted molar refractivity (Wildman–Crippen MR) is 66.1 cm³/mol. The van der Waals surface area contributed by atoms with Crippen molar-refractivity contribution in [2.24, 2.45) is 0 Å². The van der Waals surface area contributed by atoms with Crippen molar-refractivity contribution in [3.63, 3.8) is 0 Å². The molecule has 0 radical (unpaired) electrons. The van der Waals surface area contributed by atoms with Crippen LogP contribution in [0.2, 0.25) is 0 Å². The molecule has 0 amide bonds. The second-order valence-electron chi connectivity index (χ2n) is 4.94. The third kappa shape index (κ3) is 2.99. The van der Waals surface area contributed by atoms with Crippen LogP contribution in [0, 0.1) is 0 Å². The van der Waals surface area contributed by atoms with Gasteiger partial charge in [-0.3, -0.25) is 0 Å². The molecule has 0 aliphatic carbocycles. The molecule has 1 aromatic carbocycles. The molecule has 3 heteroatoms. The molecule has 2 atom stereocenters. The average Bonchev–Trinajstić information content (AvgIpc) is 2.26. The maximum absolute atomic E-state index is 5.94. The van der Waals surface area contributed by atoms with Gasteiger partial charge in [0.25, 0.3) is 0 Å². The number of hydrogen-bond acceptors (Lipinski definition) is 3. The zero-order valence-corrected chi connectivity index (χ0v) is 10.9. The van der Waals surface area contributed by atoms with Crippen LogP contribution in [0.25, 0.3) is 0 Å². The third-order valence-electron chi connectivity index (χ3n) is 2.94. The van der Waals surface area contributed by atoms with Gasteiger partial charge in [-0.15, -0.1) is 0 Å². The molecule has 94 valence electrons. The van der Waals surface area contributed by atoms with E-state index in [2.05, 4.69) is 19.1 Å². The van der Waals surface area contributed by atoms with E-state index < -0.39 is 5.79 Å². The first-order chi connectivity index (χ1) is 8.00. The van der Waals surface area contributed by atoms with Gasteiger partial charge in [-0.25, -0.2) is 0 Å². The lowest BCUT2D eigenvalue weighted by molar-refractivity contribution is -0.298. The molecule has 0 N–H and O–H groups in total. The van der Waals surface area contributed by atoms with Gasteiger partial charge in [-0.1, -0.05) is 12.1 Å². The van der Waals surface area contributed by atoms with Crippen molar-refractivity contribution in [3.8, 4) is 5.75 Å². The van der Waals surface area contributed by atoms with E-state index >= 15 is 0 Å². The van der Waals surface area contributed by atoms with Crippen LogP contribution in [-0.4, -0.2) is 19.0 Å². The van der Waals surface area contributed by atoms with Crippen LogP contribution in [0.3, 0.4) is 0 Å². The standard InChI is InChI=1S/C14H20O3/c1-10-9-13(17-14(2,3)16-10)11-5-7-12(15-4)8-6-11/h5-8,10,13H,9H2,1-4H3/t10-,13+/m1/s1. The quantitative estimate of drug-likeness (QED) is 0.788. The molecule has 1 aliphatic heterocycles. The topological polar surface area (TPSA) is 27.7 Å². The van der Waals surface area contributed by atoms with E-state index in [9.17, 15) is 0 Å². The Labute approximate surface area is 103 Å². The zero-order valence-electron chi connectivity index (χ0n) is 10.9. The van der Waals surface area contributed by atoms with E-state index in [1.807, 2.05) is 26.0 Å². The first-order valence-electron chi connectivity index (χ1n) is 6.00. The predicted octanol–water partition coefficient (Wildman–Crippen LogP) is 3.30. The summed E-state index contributed by atoms with van der Waals surface area (Å²) in [5.74, 6) is 0.357. The summed E-state index contributed by atoms with van der Waals surface area (Å²) in [7, 11) is 1.67. The highest BCUT2D eigenvalue weighted by Crippen LogP contribution is 2.36. The maximum atomic E-state index is 5.94. The molecule has 0 bridgehead atoms. The highest BCUT2D eigenvalue weighted by molar-refractivity contribution is 5.28. The Kier molecular flexibility index (Phi) is 3.40. The lowest BCUT2D eigenvalue weighted by atomic mass is 10.0. The summed E-state index contributed by atoms with van der Waals surface area (Å²) >= 11 is 0. The minimum Gasteiger partial charge on any atom is -0.497 e. The minimum atomic E-state index is -0.512. The van der Waals surface area contributed by atoms with E-state index in [0.717, 1.165) is 12.2 Å². The van der Waals surface area contributed by atoms with E-state index in [4.69, 9.17) is 14.2 Å². The van der Waals surface area contributed by atoms with Crippen LogP contribution in [0.4, 0.5) is 0 Å². The molecule has 3 nitrogen and oxygen atoms in total. The minimum absolute atomic E-state index is 0.0969. The fourth-order valence-electron chi connectivity index (χ4n) is 2.28. The lowest BCUT2D eigenvalue weighted by Crippen LogP contribution is -2.40. The number of rotatable bonds is 2. The molecule has 0 aromatic heterocycles. The molecule has 17 heavy (non-hydrogen) atoms. The molecule has 1 aliphatic rings. The second kappa shape index (κ2) is 4.67. The molecule has 0 unspecified atom stereocenters. The van der Waals surface area contributed by atoms with Gasteiger partial charge in [-0.2, -0.15) is 0 Å². The monoisotopic (exact) mass is 236 g/mol. The first-order valence-corrected chi connectivity index (χ1v) is 6.00. The van der Waals surface area contributed by atoms with E-state index in [1.54, 1.807) is 7.11 Å². The van der Waals surface area contributed by atoms with Gasteiger partial charge in [0.05, 0.1) is 19.3 Å². The first kappa shape index (κ1) is 12.4. The molecule has 1 heterocycles. The number of hydrogen-bond donors (Lipinski definition) is 0. The lowest BCUT2D eigenvalue weighted by Gasteiger charge is -2.39. The van der Waals surface area contributed by atoms with E-state index in [0.29, 0.717) is 0 Å². The average molecular weight is 236 g/mol. The zero-order chi connectivity index (χ0) is 12.5. The molecular weight excluding hydrogens is 216 g/mol. The molecule has 1 fully saturated rings. The third-order valence-corrected chi connectivity index (χ3v) is 2.94. The Morgan fingerprint density at radius 3 is 2.35 bits per heavy atom. The van der Waals surface area contributed by atoms with Crippen molar-refractivity contribution in [2.45, 2.75) is 45.2 Å². The van der Waals surface area contributed by atoms with Gasteiger partial charge >= 0.3 is 0 Å². The van der Waals surface area contributed by atoms with Gasteiger partial charge in [0.2, 0.25) is 0 Å². The summed E-state index contributed by atoms with van der Waals surface area (Å²) in [5, 5.41) is 0. The summed E-state index contributed by atoms with van der Waals surface area (Å²) in [6, 6.07) is 8.03. The Bertz CT molecular complexity index is 370. The van der Waals surface area contributed by atoms with Crippen molar-refractivity contribution in [2.75, 3.05) is 7.11 Å². The van der Waals surface area contributed by atoms with Gasteiger partial charge < -0.3 is 14.2 Å². The van der Waals surface area contributed by atoms with Gasteiger partial charge in [0, 0.05) is 6.42 Å². The molecule has 0 spiro atoms. The normalized spacial score (nSPS) is 27.8. The van der Waals surface area contributed by atoms with Crippen molar-refractivity contribution in [3.05, 3.63) is 29.8 Å². The Balaban J connectivity index is 2.15. The van der Waals surface area contributed by atoms with Crippen molar-refractivity contribution in [1.82, 2.24) is 0 Å². The highest BCUT2D eigenvalue weighted by atomic mass is 16.7. The largest absolute Gasteiger partial charge is 0.497 e. The van der Waals surface area contributed by atoms with Crippen molar-refractivity contribution < 1.29 is 14.2 Å². The highest BCUT2D eigenvalue weighted by Gasteiger charge is 2.34. The molecule has 1 saturated heterocycles. The summed E-state index contributed by atoms with van der Waals surface area (Å²) < 4.78 is 16.8. The van der Waals surface area contributed by atoms with Crippen molar-refractivity contribution in [1.29, 1.82) is 0 Å². The van der Waals surface area contributed by atoms with E-state index in [-0.39, 0.29) is 12.2 Å². The van der Waals surface area contributed by atoms with Crippen molar-refractivity contribution >= 4 is 0 Å².